The second-order valence-corrected chi connectivity index (χ2v) is 5.70. The molecule has 0 aliphatic heterocycles. The SMILES string of the molecule is COC(=O)C1(NC(=O)c2ccnc(C)n2)CCC(C)CC1. The summed E-state index contributed by atoms with van der Waals surface area (Å²) in [6, 6.07) is 1.54. The van der Waals surface area contributed by atoms with E-state index in [1.54, 1.807) is 13.0 Å². The van der Waals surface area contributed by atoms with Crippen LogP contribution in [0.1, 0.15) is 48.9 Å². The number of nitrogens with zero attached hydrogens (tertiary/aromatic N) is 2. The summed E-state index contributed by atoms with van der Waals surface area (Å²) in [5.74, 6) is 0.335. The Morgan fingerprint density at radius 2 is 2.05 bits per heavy atom. The van der Waals surface area contributed by atoms with Crippen molar-refractivity contribution >= 4 is 11.9 Å². The maximum absolute atomic E-state index is 12.4. The van der Waals surface area contributed by atoms with E-state index in [1.807, 2.05) is 0 Å². The van der Waals surface area contributed by atoms with Gasteiger partial charge in [-0.2, -0.15) is 0 Å². The average Bonchev–Trinajstić information content (AvgIpc) is 2.49. The third-order valence-corrected chi connectivity index (χ3v) is 4.07. The first-order valence-corrected chi connectivity index (χ1v) is 7.17. The molecule has 1 amide bonds. The Labute approximate surface area is 124 Å². The van der Waals surface area contributed by atoms with Gasteiger partial charge in [-0.05, 0) is 44.6 Å². The third kappa shape index (κ3) is 3.37. The van der Waals surface area contributed by atoms with Gasteiger partial charge < -0.3 is 10.1 Å². The van der Waals surface area contributed by atoms with Crippen LogP contribution >= 0.6 is 0 Å². The number of aryl methyl sites for hydroxylation is 1. The molecule has 114 valence electrons. The highest BCUT2D eigenvalue weighted by molar-refractivity contribution is 5.96. The summed E-state index contributed by atoms with van der Waals surface area (Å²) in [6.45, 7) is 3.87. The lowest BCUT2D eigenvalue weighted by Gasteiger charge is -2.37. The van der Waals surface area contributed by atoms with Crippen molar-refractivity contribution in [2.75, 3.05) is 7.11 Å². The molecule has 1 N–H and O–H groups in total. The molecule has 21 heavy (non-hydrogen) atoms. The van der Waals surface area contributed by atoms with Gasteiger partial charge in [-0.1, -0.05) is 6.92 Å². The van der Waals surface area contributed by atoms with E-state index in [1.165, 1.54) is 13.3 Å². The van der Waals surface area contributed by atoms with Gasteiger partial charge in [0.2, 0.25) is 0 Å². The van der Waals surface area contributed by atoms with E-state index in [0.29, 0.717) is 24.6 Å². The van der Waals surface area contributed by atoms with Gasteiger partial charge in [0.1, 0.15) is 17.1 Å². The Bertz CT molecular complexity index is 537. The lowest BCUT2D eigenvalue weighted by Crippen LogP contribution is -2.56. The van der Waals surface area contributed by atoms with E-state index in [-0.39, 0.29) is 17.6 Å². The topological polar surface area (TPSA) is 81.2 Å². The van der Waals surface area contributed by atoms with Crippen molar-refractivity contribution < 1.29 is 14.3 Å². The van der Waals surface area contributed by atoms with E-state index in [4.69, 9.17) is 4.74 Å². The minimum absolute atomic E-state index is 0.268. The number of aromatic nitrogens is 2. The molecule has 2 rings (SSSR count). The van der Waals surface area contributed by atoms with Crippen LogP contribution < -0.4 is 5.32 Å². The van der Waals surface area contributed by atoms with Crippen LogP contribution in [0.15, 0.2) is 12.3 Å². The van der Waals surface area contributed by atoms with Gasteiger partial charge in [0.15, 0.2) is 0 Å². The molecule has 1 heterocycles. The highest BCUT2D eigenvalue weighted by Crippen LogP contribution is 2.33. The number of hydrogen-bond donors (Lipinski definition) is 1. The zero-order chi connectivity index (χ0) is 15.5. The summed E-state index contributed by atoms with van der Waals surface area (Å²) in [7, 11) is 1.35. The van der Waals surface area contributed by atoms with Gasteiger partial charge in [0.25, 0.3) is 5.91 Å². The van der Waals surface area contributed by atoms with Crippen LogP contribution in [0.3, 0.4) is 0 Å². The first-order valence-electron chi connectivity index (χ1n) is 7.17. The van der Waals surface area contributed by atoms with Crippen LogP contribution in [0.5, 0.6) is 0 Å². The van der Waals surface area contributed by atoms with Gasteiger partial charge in [0, 0.05) is 6.20 Å². The van der Waals surface area contributed by atoms with E-state index in [9.17, 15) is 9.59 Å². The molecular formula is C15H21N3O3. The molecule has 0 bridgehead atoms. The number of esters is 1. The maximum Gasteiger partial charge on any atom is 0.331 e. The van der Waals surface area contributed by atoms with E-state index >= 15 is 0 Å². The van der Waals surface area contributed by atoms with Crippen molar-refractivity contribution in [1.82, 2.24) is 15.3 Å². The van der Waals surface area contributed by atoms with Crippen LogP contribution in [-0.4, -0.2) is 34.5 Å². The Morgan fingerprint density at radius 3 is 2.62 bits per heavy atom. The monoisotopic (exact) mass is 291 g/mol. The molecule has 0 saturated heterocycles. The fourth-order valence-electron chi connectivity index (χ4n) is 2.69. The highest BCUT2D eigenvalue weighted by Gasteiger charge is 2.43. The molecule has 1 aromatic heterocycles. The van der Waals surface area contributed by atoms with Crippen LogP contribution in [0.2, 0.25) is 0 Å². The number of methoxy groups -OCH3 is 1. The van der Waals surface area contributed by atoms with Gasteiger partial charge in [-0.3, -0.25) is 4.79 Å². The summed E-state index contributed by atoms with van der Waals surface area (Å²) >= 11 is 0. The quantitative estimate of drug-likeness (QED) is 0.856. The van der Waals surface area contributed by atoms with Crippen LogP contribution in [0, 0.1) is 12.8 Å². The van der Waals surface area contributed by atoms with E-state index < -0.39 is 5.54 Å². The number of carbonyl (C=O) groups is 2. The summed E-state index contributed by atoms with van der Waals surface area (Å²) in [6.07, 6.45) is 4.49. The first kappa shape index (κ1) is 15.4. The van der Waals surface area contributed by atoms with Crippen molar-refractivity contribution in [2.45, 2.75) is 45.1 Å². The lowest BCUT2D eigenvalue weighted by molar-refractivity contribution is -0.150. The van der Waals surface area contributed by atoms with Gasteiger partial charge in [-0.15, -0.1) is 0 Å². The van der Waals surface area contributed by atoms with E-state index in [0.717, 1.165) is 12.8 Å². The Hall–Kier alpha value is -1.98. The Balaban J connectivity index is 2.19. The molecule has 0 spiro atoms. The number of amides is 1. The summed E-state index contributed by atoms with van der Waals surface area (Å²) in [5.41, 5.74) is -0.665. The second kappa shape index (κ2) is 6.20. The highest BCUT2D eigenvalue weighted by atomic mass is 16.5. The van der Waals surface area contributed by atoms with Crippen LogP contribution in [0.25, 0.3) is 0 Å². The lowest BCUT2D eigenvalue weighted by atomic mass is 9.77. The molecule has 1 aliphatic rings. The molecule has 6 nitrogen and oxygen atoms in total. The number of ether oxygens (including phenoxy) is 1. The minimum atomic E-state index is -0.933. The molecule has 1 aromatic rings. The number of carbonyl (C=O) groups excluding carboxylic acids is 2. The molecular weight excluding hydrogens is 270 g/mol. The van der Waals surface area contributed by atoms with Crippen LogP contribution in [0.4, 0.5) is 0 Å². The summed E-state index contributed by atoms with van der Waals surface area (Å²) in [5, 5.41) is 2.84. The fourth-order valence-corrected chi connectivity index (χ4v) is 2.69. The summed E-state index contributed by atoms with van der Waals surface area (Å²) < 4.78 is 4.90. The predicted octanol–water partition coefficient (Wildman–Crippen LogP) is 1.64. The largest absolute Gasteiger partial charge is 0.467 e. The van der Waals surface area contributed by atoms with Gasteiger partial charge in [0.05, 0.1) is 7.11 Å². The van der Waals surface area contributed by atoms with E-state index in [2.05, 4.69) is 22.2 Å². The fraction of sp³-hybridized carbons (Fsp3) is 0.600. The normalized spacial score (nSPS) is 25.2. The molecule has 6 heteroatoms. The van der Waals surface area contributed by atoms with Crippen molar-refractivity contribution in [3.05, 3.63) is 23.8 Å². The van der Waals surface area contributed by atoms with Gasteiger partial charge >= 0.3 is 5.97 Å². The smallest absolute Gasteiger partial charge is 0.331 e. The van der Waals surface area contributed by atoms with Crippen molar-refractivity contribution in [3.8, 4) is 0 Å². The van der Waals surface area contributed by atoms with Crippen molar-refractivity contribution in [2.24, 2.45) is 5.92 Å². The second-order valence-electron chi connectivity index (χ2n) is 5.70. The Kier molecular flexibility index (Phi) is 4.55. The van der Waals surface area contributed by atoms with Crippen molar-refractivity contribution in [1.29, 1.82) is 0 Å². The Morgan fingerprint density at radius 1 is 1.38 bits per heavy atom. The standard InChI is InChI=1S/C15H21N3O3/c1-10-4-7-15(8-5-10,14(20)21-3)18-13(19)12-6-9-16-11(2)17-12/h6,9-10H,4-5,7-8H2,1-3H3,(H,18,19). The molecule has 0 aromatic carbocycles. The molecule has 1 aliphatic carbocycles. The zero-order valence-corrected chi connectivity index (χ0v) is 12.7. The predicted molar refractivity (Wildman–Crippen MR) is 76.6 cm³/mol. The average molecular weight is 291 g/mol. The number of nitrogens with one attached hydrogen (secondary N) is 1. The number of rotatable bonds is 3. The number of hydrogen-bond acceptors (Lipinski definition) is 5. The zero-order valence-electron chi connectivity index (χ0n) is 12.7. The molecule has 0 radical (unpaired) electrons. The van der Waals surface area contributed by atoms with Gasteiger partial charge in [-0.25, -0.2) is 14.8 Å². The maximum atomic E-state index is 12.4. The van der Waals surface area contributed by atoms with Crippen molar-refractivity contribution in [3.63, 3.8) is 0 Å². The summed E-state index contributed by atoms with van der Waals surface area (Å²) in [4.78, 5) is 32.6. The molecule has 1 fully saturated rings. The third-order valence-electron chi connectivity index (χ3n) is 4.07. The molecule has 1 saturated carbocycles. The molecule has 0 atom stereocenters. The molecule has 0 unspecified atom stereocenters. The van der Waals surface area contributed by atoms with Crippen LogP contribution in [-0.2, 0) is 9.53 Å². The first-order chi connectivity index (χ1) is 9.97. The minimum Gasteiger partial charge on any atom is -0.467 e.